The fourth-order valence-corrected chi connectivity index (χ4v) is 4.45. The molecule has 3 rings (SSSR count). The van der Waals surface area contributed by atoms with Gasteiger partial charge in [-0.3, -0.25) is 9.79 Å². The van der Waals surface area contributed by atoms with Gasteiger partial charge in [0.25, 0.3) is 5.91 Å². The molecule has 0 atom stereocenters. The Kier molecular flexibility index (Phi) is 11.2. The molecule has 2 heterocycles. The fraction of sp³-hybridized carbons (Fsp3) is 0.522. The lowest BCUT2D eigenvalue weighted by molar-refractivity contribution is 0.0827. The number of anilines is 1. The van der Waals surface area contributed by atoms with Gasteiger partial charge in [-0.1, -0.05) is 12.1 Å². The zero-order valence-electron chi connectivity index (χ0n) is 19.3. The van der Waals surface area contributed by atoms with Gasteiger partial charge in [0.1, 0.15) is 0 Å². The van der Waals surface area contributed by atoms with Gasteiger partial charge in [-0.15, -0.1) is 35.3 Å². The van der Waals surface area contributed by atoms with Crippen LogP contribution in [0.4, 0.5) is 5.13 Å². The molecule has 2 aromatic rings. The van der Waals surface area contributed by atoms with Gasteiger partial charge >= 0.3 is 0 Å². The fourth-order valence-electron chi connectivity index (χ4n) is 3.53. The maximum Gasteiger partial charge on any atom is 0.253 e. The molecule has 0 saturated carbocycles. The van der Waals surface area contributed by atoms with Crippen molar-refractivity contribution in [2.75, 3.05) is 51.7 Å². The van der Waals surface area contributed by atoms with Crippen molar-refractivity contribution in [2.24, 2.45) is 4.99 Å². The van der Waals surface area contributed by atoms with Crippen LogP contribution in [0.25, 0.3) is 0 Å². The zero-order chi connectivity index (χ0) is 22.1. The molecular weight excluding hydrogens is 535 g/mol. The monoisotopic (exact) mass is 570 g/mol. The van der Waals surface area contributed by atoms with E-state index in [-0.39, 0.29) is 29.9 Å². The summed E-state index contributed by atoms with van der Waals surface area (Å²) in [6.45, 7) is 6.59. The summed E-state index contributed by atoms with van der Waals surface area (Å²) in [4.78, 5) is 25.6. The Morgan fingerprint density at radius 3 is 2.72 bits per heavy atom. The molecule has 1 amide bonds. The third-order valence-corrected chi connectivity index (χ3v) is 6.13. The van der Waals surface area contributed by atoms with Gasteiger partial charge in [-0.05, 0) is 43.9 Å². The van der Waals surface area contributed by atoms with E-state index in [1.165, 1.54) is 12.8 Å². The van der Waals surface area contributed by atoms with Crippen LogP contribution in [-0.4, -0.2) is 68.6 Å². The second-order valence-electron chi connectivity index (χ2n) is 7.90. The summed E-state index contributed by atoms with van der Waals surface area (Å²) in [6.07, 6.45) is 4.21. The minimum atomic E-state index is 0. The second kappa shape index (κ2) is 13.6. The molecule has 0 spiro atoms. The van der Waals surface area contributed by atoms with Crippen molar-refractivity contribution >= 4 is 52.3 Å². The van der Waals surface area contributed by atoms with Crippen LogP contribution in [0.2, 0.25) is 0 Å². The molecule has 0 radical (unpaired) electrons. The number of hydrogen-bond donors (Lipinski definition) is 2. The molecule has 1 aromatic carbocycles. The summed E-state index contributed by atoms with van der Waals surface area (Å²) in [5.41, 5.74) is 2.97. The molecular formula is C23H35IN6OS. The van der Waals surface area contributed by atoms with Gasteiger partial charge in [0, 0.05) is 64.2 Å². The van der Waals surface area contributed by atoms with Crippen molar-refractivity contribution in [1.29, 1.82) is 0 Å². The summed E-state index contributed by atoms with van der Waals surface area (Å²) >= 11 is 1.74. The highest BCUT2D eigenvalue weighted by atomic mass is 127. The molecule has 1 aromatic heterocycles. The number of aromatic nitrogens is 1. The van der Waals surface area contributed by atoms with Crippen LogP contribution in [0.3, 0.4) is 0 Å². The Morgan fingerprint density at radius 1 is 1.22 bits per heavy atom. The first-order valence-corrected chi connectivity index (χ1v) is 12.0. The van der Waals surface area contributed by atoms with E-state index in [2.05, 4.69) is 33.9 Å². The van der Waals surface area contributed by atoms with Crippen LogP contribution in [0.1, 0.15) is 41.4 Å². The predicted octanol–water partition coefficient (Wildman–Crippen LogP) is 3.40. The Hall–Kier alpha value is -1.88. The SMILES string of the molecule is CCNC(=NCCc1csc(N2CCCC2)n1)NCCc1cccc(C(=O)N(C)C)c1.I. The minimum Gasteiger partial charge on any atom is -0.357 e. The molecule has 2 N–H and O–H groups in total. The molecule has 0 aliphatic carbocycles. The smallest absolute Gasteiger partial charge is 0.253 e. The van der Waals surface area contributed by atoms with Crippen LogP contribution in [0, 0.1) is 0 Å². The van der Waals surface area contributed by atoms with Crippen LogP contribution < -0.4 is 15.5 Å². The highest BCUT2D eigenvalue weighted by Crippen LogP contribution is 2.24. The van der Waals surface area contributed by atoms with Crippen molar-refractivity contribution in [3.05, 3.63) is 46.5 Å². The lowest BCUT2D eigenvalue weighted by Gasteiger charge is -2.13. The number of rotatable bonds is 9. The van der Waals surface area contributed by atoms with Crippen LogP contribution >= 0.6 is 35.3 Å². The molecule has 9 heteroatoms. The van der Waals surface area contributed by atoms with E-state index in [0.717, 1.165) is 66.9 Å². The maximum atomic E-state index is 12.1. The van der Waals surface area contributed by atoms with E-state index in [9.17, 15) is 4.79 Å². The van der Waals surface area contributed by atoms with E-state index in [4.69, 9.17) is 9.98 Å². The van der Waals surface area contributed by atoms with E-state index in [1.807, 2.05) is 18.2 Å². The Balaban J connectivity index is 0.00000363. The van der Waals surface area contributed by atoms with E-state index in [0.29, 0.717) is 6.54 Å². The Morgan fingerprint density at radius 2 is 2.00 bits per heavy atom. The van der Waals surface area contributed by atoms with Gasteiger partial charge < -0.3 is 20.4 Å². The third-order valence-electron chi connectivity index (χ3n) is 5.18. The van der Waals surface area contributed by atoms with Crippen molar-refractivity contribution in [2.45, 2.75) is 32.6 Å². The number of benzene rings is 1. The predicted molar refractivity (Wildman–Crippen MR) is 145 cm³/mol. The number of carbonyl (C=O) groups is 1. The van der Waals surface area contributed by atoms with Gasteiger partial charge in [-0.25, -0.2) is 4.98 Å². The van der Waals surface area contributed by atoms with Gasteiger partial charge in [0.2, 0.25) is 0 Å². The second-order valence-corrected chi connectivity index (χ2v) is 8.74. The molecule has 1 saturated heterocycles. The van der Waals surface area contributed by atoms with Crippen molar-refractivity contribution < 1.29 is 4.79 Å². The van der Waals surface area contributed by atoms with Gasteiger partial charge in [0.05, 0.1) is 5.69 Å². The highest BCUT2D eigenvalue weighted by Gasteiger charge is 2.15. The average Bonchev–Trinajstić information content (AvgIpc) is 3.45. The quantitative estimate of drug-likeness (QED) is 0.275. The number of halogens is 1. The molecule has 0 unspecified atom stereocenters. The normalized spacial score (nSPS) is 13.6. The number of carbonyl (C=O) groups excluding carboxylic acids is 1. The van der Waals surface area contributed by atoms with E-state index in [1.54, 1.807) is 30.3 Å². The van der Waals surface area contributed by atoms with Crippen molar-refractivity contribution in [1.82, 2.24) is 20.5 Å². The lowest BCUT2D eigenvalue weighted by Crippen LogP contribution is -2.38. The number of thiazole rings is 1. The first kappa shape index (κ1) is 26.4. The lowest BCUT2D eigenvalue weighted by atomic mass is 10.1. The third kappa shape index (κ3) is 7.91. The molecule has 176 valence electrons. The maximum absolute atomic E-state index is 12.1. The number of nitrogens with zero attached hydrogens (tertiary/aromatic N) is 4. The Labute approximate surface area is 212 Å². The van der Waals surface area contributed by atoms with E-state index >= 15 is 0 Å². The van der Waals surface area contributed by atoms with Crippen molar-refractivity contribution in [3.63, 3.8) is 0 Å². The van der Waals surface area contributed by atoms with E-state index < -0.39 is 0 Å². The molecule has 1 aliphatic rings. The summed E-state index contributed by atoms with van der Waals surface area (Å²) in [7, 11) is 3.54. The number of nitrogens with one attached hydrogen (secondary N) is 2. The Bertz CT molecular complexity index is 879. The average molecular weight is 571 g/mol. The van der Waals surface area contributed by atoms with Gasteiger partial charge in [-0.2, -0.15) is 0 Å². The van der Waals surface area contributed by atoms with Gasteiger partial charge in [0.15, 0.2) is 11.1 Å². The number of guanidine groups is 1. The van der Waals surface area contributed by atoms with Crippen LogP contribution in [0.5, 0.6) is 0 Å². The van der Waals surface area contributed by atoms with Crippen LogP contribution in [0.15, 0.2) is 34.6 Å². The number of amides is 1. The number of aliphatic imine (C=N–C) groups is 1. The zero-order valence-corrected chi connectivity index (χ0v) is 22.4. The summed E-state index contributed by atoms with van der Waals surface area (Å²) in [6, 6.07) is 7.82. The molecule has 0 bridgehead atoms. The summed E-state index contributed by atoms with van der Waals surface area (Å²) in [5.74, 6) is 0.845. The minimum absolute atomic E-state index is 0. The summed E-state index contributed by atoms with van der Waals surface area (Å²) < 4.78 is 0. The molecule has 7 nitrogen and oxygen atoms in total. The molecule has 1 aliphatic heterocycles. The number of hydrogen-bond acceptors (Lipinski definition) is 5. The highest BCUT2D eigenvalue weighted by molar-refractivity contribution is 14.0. The largest absolute Gasteiger partial charge is 0.357 e. The summed E-state index contributed by atoms with van der Waals surface area (Å²) in [5, 5.41) is 10.0. The topological polar surface area (TPSA) is 72.9 Å². The standard InChI is InChI=1S/C23H34N6OS.HI/c1-4-24-22(25-12-10-18-8-7-9-19(16-18)21(30)28(2)3)26-13-11-20-17-31-23(27-20)29-14-5-6-15-29;/h7-9,16-17H,4-6,10-15H2,1-3H3,(H2,24,25,26);1H. The van der Waals surface area contributed by atoms with Crippen LogP contribution in [-0.2, 0) is 12.8 Å². The van der Waals surface area contributed by atoms with Crippen molar-refractivity contribution in [3.8, 4) is 0 Å². The first-order valence-electron chi connectivity index (χ1n) is 11.1. The molecule has 1 fully saturated rings. The molecule has 32 heavy (non-hydrogen) atoms. The first-order chi connectivity index (χ1) is 15.1.